The summed E-state index contributed by atoms with van der Waals surface area (Å²) >= 11 is 0. The van der Waals surface area contributed by atoms with Gasteiger partial charge in [-0.2, -0.15) is 0 Å². The minimum Gasteiger partial charge on any atom is -0.356 e. The van der Waals surface area contributed by atoms with Crippen molar-refractivity contribution < 1.29 is 4.79 Å². The van der Waals surface area contributed by atoms with Crippen LogP contribution >= 0.6 is 0 Å². The van der Waals surface area contributed by atoms with Crippen molar-refractivity contribution in [3.05, 3.63) is 72.3 Å². The molecule has 0 radical (unpaired) electrons. The van der Waals surface area contributed by atoms with E-state index in [2.05, 4.69) is 40.7 Å². The van der Waals surface area contributed by atoms with Gasteiger partial charge in [-0.15, -0.1) is 0 Å². The van der Waals surface area contributed by atoms with E-state index in [-0.39, 0.29) is 11.3 Å². The Balaban J connectivity index is 1.47. The predicted octanol–water partition coefficient (Wildman–Crippen LogP) is 3.75. The van der Waals surface area contributed by atoms with Gasteiger partial charge in [-0.3, -0.25) is 4.79 Å². The first kappa shape index (κ1) is 17.2. The summed E-state index contributed by atoms with van der Waals surface area (Å²) in [5, 5.41) is 3.04. The van der Waals surface area contributed by atoms with Crippen LogP contribution in [0.4, 0.5) is 0 Å². The van der Waals surface area contributed by atoms with Gasteiger partial charge in [0.15, 0.2) is 0 Å². The molecule has 0 aliphatic heterocycles. The Kier molecular flexibility index (Phi) is 5.17. The van der Waals surface area contributed by atoms with Crippen LogP contribution in [0.2, 0.25) is 0 Å². The summed E-state index contributed by atoms with van der Waals surface area (Å²) in [6.07, 6.45) is 6.13. The number of imidazole rings is 1. The Morgan fingerprint density at radius 3 is 2.68 bits per heavy atom. The molecule has 0 saturated heterocycles. The van der Waals surface area contributed by atoms with E-state index < -0.39 is 0 Å². The second-order valence-electron chi connectivity index (χ2n) is 7.05. The van der Waals surface area contributed by atoms with Crippen LogP contribution in [0.1, 0.15) is 38.1 Å². The zero-order chi connectivity index (χ0) is 17.7. The highest BCUT2D eigenvalue weighted by Gasteiger charge is 2.23. The maximum atomic E-state index is 12.3. The maximum Gasteiger partial charge on any atom is 0.220 e. The van der Waals surface area contributed by atoms with Crippen molar-refractivity contribution in [3.8, 4) is 0 Å². The fourth-order valence-electron chi connectivity index (χ4n) is 3.11. The Hall–Kier alpha value is -2.62. The Bertz CT molecular complexity index is 836. The van der Waals surface area contributed by atoms with Crippen molar-refractivity contribution in [2.24, 2.45) is 0 Å². The van der Waals surface area contributed by atoms with E-state index in [1.54, 1.807) is 0 Å². The summed E-state index contributed by atoms with van der Waals surface area (Å²) in [5.41, 5.74) is 2.13. The Morgan fingerprint density at radius 2 is 1.88 bits per heavy atom. The molecule has 2 heterocycles. The molecule has 25 heavy (non-hydrogen) atoms. The van der Waals surface area contributed by atoms with Crippen LogP contribution in [0.15, 0.2) is 60.9 Å². The van der Waals surface area contributed by atoms with E-state index in [9.17, 15) is 4.79 Å². The van der Waals surface area contributed by atoms with E-state index in [1.807, 2.05) is 48.8 Å². The Morgan fingerprint density at radius 1 is 1.12 bits per heavy atom. The first-order valence-corrected chi connectivity index (χ1v) is 8.79. The van der Waals surface area contributed by atoms with Crippen LogP contribution in [0, 0.1) is 0 Å². The molecular formula is C21H25N3O. The lowest BCUT2D eigenvalue weighted by molar-refractivity contribution is -0.122. The molecule has 1 aromatic carbocycles. The number of carbonyl (C=O) groups is 1. The summed E-state index contributed by atoms with van der Waals surface area (Å²) in [6, 6.07) is 16.3. The van der Waals surface area contributed by atoms with Crippen LogP contribution in [-0.4, -0.2) is 21.8 Å². The zero-order valence-corrected chi connectivity index (χ0v) is 14.9. The number of aryl methyl sites for hydroxylation is 1. The monoisotopic (exact) mass is 335 g/mol. The average Bonchev–Trinajstić information content (AvgIpc) is 3.02. The number of fused-ring (bicyclic) bond motifs is 1. The van der Waals surface area contributed by atoms with Crippen molar-refractivity contribution in [2.75, 3.05) is 6.54 Å². The molecule has 0 bridgehead atoms. The minimum atomic E-state index is -0.162. The normalized spacial score (nSPS) is 11.6. The van der Waals surface area contributed by atoms with E-state index >= 15 is 0 Å². The standard InChI is InChI=1S/C21H25N3O/c1-21(2,17-9-4-3-5-10-17)15-20(25)22-13-8-12-19-23-16-18-11-6-7-14-24(18)19/h3-7,9-11,14,16H,8,12-13,15H2,1-2H3,(H,22,25). The maximum absolute atomic E-state index is 12.3. The summed E-state index contributed by atoms with van der Waals surface area (Å²) in [5.74, 6) is 1.14. The lowest BCUT2D eigenvalue weighted by Crippen LogP contribution is -2.31. The molecule has 1 amide bonds. The van der Waals surface area contributed by atoms with Gasteiger partial charge in [0.05, 0.1) is 11.7 Å². The highest BCUT2D eigenvalue weighted by molar-refractivity contribution is 5.77. The second-order valence-corrected chi connectivity index (χ2v) is 7.05. The van der Waals surface area contributed by atoms with Gasteiger partial charge >= 0.3 is 0 Å². The van der Waals surface area contributed by atoms with Gasteiger partial charge in [-0.25, -0.2) is 4.98 Å². The van der Waals surface area contributed by atoms with Crippen molar-refractivity contribution in [2.45, 2.75) is 38.5 Å². The highest BCUT2D eigenvalue weighted by Crippen LogP contribution is 2.26. The quantitative estimate of drug-likeness (QED) is 0.668. The third-order valence-electron chi connectivity index (χ3n) is 4.57. The third kappa shape index (κ3) is 4.27. The minimum absolute atomic E-state index is 0.0989. The number of amides is 1. The lowest BCUT2D eigenvalue weighted by atomic mass is 9.81. The molecule has 0 aliphatic rings. The molecule has 0 saturated carbocycles. The van der Waals surface area contributed by atoms with Crippen molar-refractivity contribution in [1.29, 1.82) is 0 Å². The van der Waals surface area contributed by atoms with E-state index in [0.717, 1.165) is 24.2 Å². The lowest BCUT2D eigenvalue weighted by Gasteiger charge is -2.24. The number of nitrogens with zero attached hydrogens (tertiary/aromatic N) is 2. The number of carbonyl (C=O) groups excluding carboxylic acids is 1. The van der Waals surface area contributed by atoms with Gasteiger partial charge in [0.1, 0.15) is 5.82 Å². The number of hydrogen-bond donors (Lipinski definition) is 1. The van der Waals surface area contributed by atoms with Crippen molar-refractivity contribution >= 4 is 11.4 Å². The second kappa shape index (κ2) is 7.51. The van der Waals surface area contributed by atoms with E-state index in [4.69, 9.17) is 0 Å². The highest BCUT2D eigenvalue weighted by atomic mass is 16.1. The van der Waals surface area contributed by atoms with Crippen LogP contribution in [0.25, 0.3) is 5.52 Å². The van der Waals surface area contributed by atoms with Gasteiger partial charge in [-0.05, 0) is 29.5 Å². The molecule has 4 nitrogen and oxygen atoms in total. The van der Waals surface area contributed by atoms with E-state index in [0.29, 0.717) is 13.0 Å². The fourth-order valence-corrected chi connectivity index (χ4v) is 3.11. The number of pyridine rings is 1. The molecule has 0 aliphatic carbocycles. The molecular weight excluding hydrogens is 310 g/mol. The van der Waals surface area contributed by atoms with Crippen LogP contribution in [-0.2, 0) is 16.6 Å². The topological polar surface area (TPSA) is 46.4 Å². The SMILES string of the molecule is CC(C)(CC(=O)NCCCc1ncc2ccccn12)c1ccccc1. The van der Waals surface area contributed by atoms with Crippen LogP contribution < -0.4 is 5.32 Å². The van der Waals surface area contributed by atoms with Crippen LogP contribution in [0.3, 0.4) is 0 Å². The molecule has 0 spiro atoms. The summed E-state index contributed by atoms with van der Waals surface area (Å²) in [4.78, 5) is 16.7. The molecule has 1 N–H and O–H groups in total. The van der Waals surface area contributed by atoms with Crippen molar-refractivity contribution in [1.82, 2.24) is 14.7 Å². The molecule has 2 aromatic heterocycles. The molecule has 3 rings (SSSR count). The number of nitrogens with one attached hydrogen (secondary N) is 1. The molecule has 130 valence electrons. The first-order valence-electron chi connectivity index (χ1n) is 8.79. The largest absolute Gasteiger partial charge is 0.356 e. The van der Waals surface area contributed by atoms with Crippen molar-refractivity contribution in [3.63, 3.8) is 0 Å². The van der Waals surface area contributed by atoms with Gasteiger partial charge in [-0.1, -0.05) is 50.2 Å². The predicted molar refractivity (Wildman–Crippen MR) is 101 cm³/mol. The molecule has 0 atom stereocenters. The number of rotatable bonds is 7. The first-order chi connectivity index (χ1) is 12.1. The van der Waals surface area contributed by atoms with Gasteiger partial charge in [0, 0.05) is 25.6 Å². The average molecular weight is 335 g/mol. The molecule has 0 unspecified atom stereocenters. The molecule has 0 fully saturated rings. The summed E-state index contributed by atoms with van der Waals surface area (Å²) in [6.45, 7) is 4.89. The molecule has 3 aromatic rings. The number of aromatic nitrogens is 2. The number of hydrogen-bond acceptors (Lipinski definition) is 2. The fraction of sp³-hybridized carbons (Fsp3) is 0.333. The zero-order valence-electron chi connectivity index (χ0n) is 14.9. The number of benzene rings is 1. The van der Waals surface area contributed by atoms with Gasteiger partial charge in [0.25, 0.3) is 0 Å². The van der Waals surface area contributed by atoms with Crippen LogP contribution in [0.5, 0.6) is 0 Å². The van der Waals surface area contributed by atoms with Gasteiger partial charge < -0.3 is 9.72 Å². The van der Waals surface area contributed by atoms with Gasteiger partial charge in [0.2, 0.25) is 5.91 Å². The summed E-state index contributed by atoms with van der Waals surface area (Å²) in [7, 11) is 0. The molecule has 4 heteroatoms. The summed E-state index contributed by atoms with van der Waals surface area (Å²) < 4.78 is 2.10. The van der Waals surface area contributed by atoms with E-state index in [1.165, 1.54) is 5.56 Å². The Labute approximate surface area is 148 Å². The third-order valence-corrected chi connectivity index (χ3v) is 4.57. The smallest absolute Gasteiger partial charge is 0.220 e.